The van der Waals surface area contributed by atoms with Crippen molar-refractivity contribution in [2.24, 2.45) is 0 Å². The molecule has 0 amide bonds. The Morgan fingerprint density at radius 1 is 1.29 bits per heavy atom. The van der Waals surface area contributed by atoms with Gasteiger partial charge in [0.05, 0.1) is 10.4 Å². The first-order chi connectivity index (χ1) is 8.08. The van der Waals surface area contributed by atoms with E-state index in [9.17, 15) is 0 Å². The average Bonchev–Trinajstić information content (AvgIpc) is 2.72. The third-order valence-electron chi connectivity index (χ3n) is 2.66. The second-order valence-corrected chi connectivity index (χ2v) is 6.52. The minimum atomic E-state index is 0.264. The van der Waals surface area contributed by atoms with E-state index in [-0.39, 0.29) is 6.04 Å². The third kappa shape index (κ3) is 3.03. The zero-order valence-electron chi connectivity index (χ0n) is 9.63. The molecule has 1 aromatic carbocycles. The van der Waals surface area contributed by atoms with E-state index < -0.39 is 0 Å². The molecule has 0 aliphatic rings. The molecule has 2 rings (SSSR count). The maximum Gasteiger partial charge on any atom is 0.0932 e. The highest BCUT2D eigenvalue weighted by Gasteiger charge is 2.10. The fourth-order valence-corrected chi connectivity index (χ4v) is 3.06. The quantitative estimate of drug-likeness (QED) is 0.767. The zero-order chi connectivity index (χ0) is 12.4. The highest BCUT2D eigenvalue weighted by Crippen LogP contribution is 2.31. The number of hydrogen-bond donors (Lipinski definition) is 1. The van der Waals surface area contributed by atoms with Gasteiger partial charge in [0.2, 0.25) is 0 Å². The molecule has 4 heteroatoms. The van der Waals surface area contributed by atoms with Crippen molar-refractivity contribution in [2.45, 2.75) is 19.9 Å². The first-order valence-electron chi connectivity index (χ1n) is 5.35. The molecule has 1 nitrogen and oxygen atoms in total. The molecule has 0 aliphatic heterocycles. The summed E-state index contributed by atoms with van der Waals surface area (Å²) in [6, 6.07) is 10.4. The molecule has 0 saturated heterocycles. The molecule has 1 aromatic heterocycles. The lowest BCUT2D eigenvalue weighted by molar-refractivity contribution is 0.905. The van der Waals surface area contributed by atoms with Gasteiger partial charge >= 0.3 is 0 Å². The van der Waals surface area contributed by atoms with Gasteiger partial charge in [0.15, 0.2) is 0 Å². The molecule has 1 unspecified atom stereocenters. The molecule has 0 bridgehead atoms. The van der Waals surface area contributed by atoms with E-state index in [2.05, 4.69) is 47.2 Å². The summed E-state index contributed by atoms with van der Waals surface area (Å²) in [5.41, 5.74) is 2.37. The maximum atomic E-state index is 5.95. The molecule has 0 saturated carbocycles. The largest absolute Gasteiger partial charge is 0.377 e. The van der Waals surface area contributed by atoms with E-state index in [0.717, 1.165) is 14.5 Å². The molecular formula is C13H13BrClNS. The van der Waals surface area contributed by atoms with Gasteiger partial charge in [-0.3, -0.25) is 0 Å². The van der Waals surface area contributed by atoms with E-state index in [1.54, 1.807) is 11.3 Å². The van der Waals surface area contributed by atoms with Crippen molar-refractivity contribution >= 4 is 44.6 Å². The van der Waals surface area contributed by atoms with Crippen molar-refractivity contribution < 1.29 is 0 Å². The number of benzene rings is 1. The second-order valence-electron chi connectivity index (χ2n) is 3.92. The van der Waals surface area contributed by atoms with Gasteiger partial charge in [-0.05, 0) is 43.7 Å². The predicted octanol–water partition coefficient (Wildman–Crippen LogP) is 5.65. The van der Waals surface area contributed by atoms with Crippen molar-refractivity contribution in [2.75, 3.05) is 5.32 Å². The minimum Gasteiger partial charge on any atom is -0.377 e. The SMILES string of the molecule is Cc1c(Br)cccc1NC(C)c1ccc(Cl)s1. The van der Waals surface area contributed by atoms with Crippen LogP contribution in [0.4, 0.5) is 5.69 Å². The highest BCUT2D eigenvalue weighted by molar-refractivity contribution is 9.10. The molecule has 2 aromatic rings. The van der Waals surface area contributed by atoms with E-state index in [1.807, 2.05) is 18.2 Å². The van der Waals surface area contributed by atoms with E-state index >= 15 is 0 Å². The van der Waals surface area contributed by atoms with E-state index in [1.165, 1.54) is 10.4 Å². The van der Waals surface area contributed by atoms with Gasteiger partial charge in [0, 0.05) is 15.0 Å². The second kappa shape index (κ2) is 5.42. The van der Waals surface area contributed by atoms with Gasteiger partial charge in [0.25, 0.3) is 0 Å². The fourth-order valence-electron chi connectivity index (χ4n) is 1.63. The Balaban J connectivity index is 2.18. The van der Waals surface area contributed by atoms with Gasteiger partial charge in [-0.15, -0.1) is 11.3 Å². The molecule has 1 heterocycles. The van der Waals surface area contributed by atoms with Crippen molar-refractivity contribution in [3.63, 3.8) is 0 Å². The lowest BCUT2D eigenvalue weighted by Crippen LogP contribution is -2.06. The summed E-state index contributed by atoms with van der Waals surface area (Å²) in [6.45, 7) is 4.24. The Hall–Kier alpha value is -0.510. The van der Waals surface area contributed by atoms with Crippen LogP contribution in [-0.2, 0) is 0 Å². The molecular weight excluding hydrogens is 318 g/mol. The number of halogens is 2. The lowest BCUT2D eigenvalue weighted by atomic mass is 10.1. The molecule has 0 spiro atoms. The number of thiophene rings is 1. The van der Waals surface area contributed by atoms with Crippen LogP contribution in [0.25, 0.3) is 0 Å². The van der Waals surface area contributed by atoms with Crippen molar-refractivity contribution in [1.29, 1.82) is 0 Å². The summed E-state index contributed by atoms with van der Waals surface area (Å²) >= 11 is 11.1. The Morgan fingerprint density at radius 3 is 2.71 bits per heavy atom. The first kappa shape index (κ1) is 12.9. The summed E-state index contributed by atoms with van der Waals surface area (Å²) in [7, 11) is 0. The lowest BCUT2D eigenvalue weighted by Gasteiger charge is -2.16. The van der Waals surface area contributed by atoms with Crippen LogP contribution in [-0.4, -0.2) is 0 Å². The molecule has 90 valence electrons. The van der Waals surface area contributed by atoms with Crippen LogP contribution in [0, 0.1) is 6.92 Å². The summed E-state index contributed by atoms with van der Waals surface area (Å²) in [6.07, 6.45) is 0. The molecule has 0 radical (unpaired) electrons. The van der Waals surface area contributed by atoms with Crippen LogP contribution in [0.5, 0.6) is 0 Å². The van der Waals surface area contributed by atoms with Crippen LogP contribution in [0.2, 0.25) is 4.34 Å². The average molecular weight is 331 g/mol. The van der Waals surface area contributed by atoms with Crippen molar-refractivity contribution in [3.05, 3.63) is 49.6 Å². The van der Waals surface area contributed by atoms with Crippen LogP contribution >= 0.6 is 38.9 Å². The number of hydrogen-bond acceptors (Lipinski definition) is 2. The smallest absolute Gasteiger partial charge is 0.0932 e. The van der Waals surface area contributed by atoms with Crippen LogP contribution in [0.1, 0.15) is 23.4 Å². The minimum absolute atomic E-state index is 0.264. The monoisotopic (exact) mass is 329 g/mol. The molecule has 0 fully saturated rings. The highest BCUT2D eigenvalue weighted by atomic mass is 79.9. The first-order valence-corrected chi connectivity index (χ1v) is 7.33. The topological polar surface area (TPSA) is 12.0 Å². The zero-order valence-corrected chi connectivity index (χ0v) is 12.8. The molecule has 1 N–H and O–H groups in total. The van der Waals surface area contributed by atoms with Gasteiger partial charge < -0.3 is 5.32 Å². The molecule has 1 atom stereocenters. The fraction of sp³-hybridized carbons (Fsp3) is 0.231. The van der Waals surface area contributed by atoms with Gasteiger partial charge in [0.1, 0.15) is 0 Å². The van der Waals surface area contributed by atoms with Crippen molar-refractivity contribution in [3.8, 4) is 0 Å². The van der Waals surface area contributed by atoms with Crippen LogP contribution < -0.4 is 5.32 Å². The number of rotatable bonds is 3. The van der Waals surface area contributed by atoms with E-state index in [0.29, 0.717) is 0 Å². The van der Waals surface area contributed by atoms with Crippen LogP contribution in [0.15, 0.2) is 34.8 Å². The van der Waals surface area contributed by atoms with Crippen molar-refractivity contribution in [1.82, 2.24) is 0 Å². The molecule has 17 heavy (non-hydrogen) atoms. The van der Waals surface area contributed by atoms with E-state index in [4.69, 9.17) is 11.6 Å². The number of anilines is 1. The van der Waals surface area contributed by atoms with Gasteiger partial charge in [-0.25, -0.2) is 0 Å². The standard InChI is InChI=1S/C13H13BrClNS/c1-8-10(14)4-3-5-11(8)16-9(2)12-6-7-13(15)17-12/h3-7,9,16H,1-2H3. The summed E-state index contributed by atoms with van der Waals surface area (Å²) in [5.74, 6) is 0. The Labute approximate surface area is 119 Å². The molecule has 0 aliphatic carbocycles. The Morgan fingerprint density at radius 2 is 2.06 bits per heavy atom. The Kier molecular flexibility index (Phi) is 4.13. The van der Waals surface area contributed by atoms with Crippen LogP contribution in [0.3, 0.4) is 0 Å². The summed E-state index contributed by atoms with van der Waals surface area (Å²) in [5, 5.41) is 3.50. The summed E-state index contributed by atoms with van der Waals surface area (Å²) < 4.78 is 1.96. The van der Waals surface area contributed by atoms with Gasteiger partial charge in [-0.2, -0.15) is 0 Å². The Bertz CT molecular complexity index is 524. The summed E-state index contributed by atoms with van der Waals surface area (Å²) in [4.78, 5) is 1.24. The van der Waals surface area contributed by atoms with Gasteiger partial charge in [-0.1, -0.05) is 33.6 Å². The predicted molar refractivity (Wildman–Crippen MR) is 80.2 cm³/mol. The maximum absolute atomic E-state index is 5.95. The normalized spacial score (nSPS) is 12.5. The number of nitrogens with one attached hydrogen (secondary N) is 1. The third-order valence-corrected chi connectivity index (χ3v) is 4.93.